The molecule has 134 valence electrons. The van der Waals surface area contributed by atoms with Crippen molar-refractivity contribution in [2.24, 2.45) is 0 Å². The van der Waals surface area contributed by atoms with E-state index in [-0.39, 0.29) is 5.91 Å². The Kier molecular flexibility index (Phi) is 5.92. The number of furan rings is 1. The molecule has 3 rings (SSSR count). The molecule has 0 aliphatic heterocycles. The average Bonchev–Trinajstić information content (AvgIpc) is 3.10. The van der Waals surface area contributed by atoms with Gasteiger partial charge in [-0.1, -0.05) is 45.2 Å². The number of carbonyl (C=O) groups is 1. The van der Waals surface area contributed by atoms with E-state index in [1.165, 1.54) is 24.8 Å². The maximum absolute atomic E-state index is 12.3. The molecule has 0 radical (unpaired) electrons. The van der Waals surface area contributed by atoms with Crippen LogP contribution in [0.15, 0.2) is 40.8 Å². The van der Waals surface area contributed by atoms with Gasteiger partial charge in [0, 0.05) is 5.69 Å². The second-order valence-electron chi connectivity index (χ2n) is 7.07. The number of amides is 1. The molecule has 0 saturated heterocycles. The highest BCUT2D eigenvalue weighted by Crippen LogP contribution is 2.22. The SMILES string of the molecule is CC(C)c1ccc(NC(=O)c2ccc(COC3CCCCC3)o2)cc1. The summed E-state index contributed by atoms with van der Waals surface area (Å²) in [5.74, 6) is 1.25. The molecule has 1 aliphatic carbocycles. The molecular weight excluding hydrogens is 314 g/mol. The Morgan fingerprint density at radius 1 is 1.12 bits per heavy atom. The lowest BCUT2D eigenvalue weighted by atomic mass is 9.98. The van der Waals surface area contributed by atoms with Gasteiger partial charge in [0.05, 0.1) is 6.10 Å². The van der Waals surface area contributed by atoms with Crippen molar-refractivity contribution in [2.75, 3.05) is 5.32 Å². The predicted octanol–water partition coefficient (Wildman–Crippen LogP) is 5.50. The molecule has 0 atom stereocenters. The van der Waals surface area contributed by atoms with Crippen molar-refractivity contribution in [2.45, 2.75) is 64.6 Å². The van der Waals surface area contributed by atoms with Crippen molar-refractivity contribution < 1.29 is 13.9 Å². The van der Waals surface area contributed by atoms with Crippen LogP contribution < -0.4 is 5.32 Å². The van der Waals surface area contributed by atoms with Crippen molar-refractivity contribution in [3.05, 3.63) is 53.5 Å². The Bertz CT molecular complexity index is 681. The summed E-state index contributed by atoms with van der Waals surface area (Å²) >= 11 is 0. The van der Waals surface area contributed by atoms with Crippen LogP contribution in [0.2, 0.25) is 0 Å². The van der Waals surface area contributed by atoms with Crippen LogP contribution in [0, 0.1) is 0 Å². The third-order valence-corrected chi connectivity index (χ3v) is 4.73. The summed E-state index contributed by atoms with van der Waals surface area (Å²) in [6, 6.07) is 11.4. The second-order valence-corrected chi connectivity index (χ2v) is 7.07. The van der Waals surface area contributed by atoms with Crippen LogP contribution in [-0.4, -0.2) is 12.0 Å². The molecule has 0 unspecified atom stereocenters. The minimum absolute atomic E-state index is 0.235. The molecule has 1 amide bonds. The molecular formula is C21H27NO3. The number of rotatable bonds is 6. The molecule has 1 saturated carbocycles. The number of benzene rings is 1. The Labute approximate surface area is 149 Å². The largest absolute Gasteiger partial charge is 0.453 e. The van der Waals surface area contributed by atoms with E-state index in [2.05, 4.69) is 19.2 Å². The quantitative estimate of drug-likeness (QED) is 0.754. The fraction of sp³-hybridized carbons (Fsp3) is 0.476. The number of hydrogen-bond donors (Lipinski definition) is 1. The third-order valence-electron chi connectivity index (χ3n) is 4.73. The van der Waals surface area contributed by atoms with Gasteiger partial charge in [-0.15, -0.1) is 0 Å². The minimum Gasteiger partial charge on any atom is -0.453 e. The average molecular weight is 341 g/mol. The van der Waals surface area contributed by atoms with Crippen LogP contribution in [0.25, 0.3) is 0 Å². The Morgan fingerprint density at radius 2 is 1.84 bits per heavy atom. The Hall–Kier alpha value is -2.07. The molecule has 1 aromatic heterocycles. The molecule has 4 heteroatoms. The molecule has 25 heavy (non-hydrogen) atoms. The Balaban J connectivity index is 1.53. The van der Waals surface area contributed by atoms with E-state index < -0.39 is 0 Å². The lowest BCUT2D eigenvalue weighted by Crippen LogP contribution is -2.16. The van der Waals surface area contributed by atoms with Crippen molar-refractivity contribution in [3.8, 4) is 0 Å². The first-order valence-electron chi connectivity index (χ1n) is 9.23. The summed E-state index contributed by atoms with van der Waals surface area (Å²) in [5.41, 5.74) is 2.02. The van der Waals surface area contributed by atoms with Crippen molar-refractivity contribution in [3.63, 3.8) is 0 Å². The summed E-state index contributed by atoms with van der Waals surface area (Å²) in [6.07, 6.45) is 6.37. The molecule has 1 fully saturated rings. The molecule has 0 spiro atoms. The van der Waals surface area contributed by atoms with Gasteiger partial charge in [0.15, 0.2) is 5.76 Å². The third kappa shape index (κ3) is 4.95. The molecule has 2 aromatic rings. The van der Waals surface area contributed by atoms with E-state index in [0.717, 1.165) is 18.5 Å². The highest BCUT2D eigenvalue weighted by atomic mass is 16.5. The second kappa shape index (κ2) is 8.34. The van der Waals surface area contributed by atoms with Gasteiger partial charge in [-0.2, -0.15) is 0 Å². The first-order chi connectivity index (χ1) is 12.1. The van der Waals surface area contributed by atoms with Crippen molar-refractivity contribution >= 4 is 11.6 Å². The summed E-state index contributed by atoms with van der Waals surface area (Å²) in [4.78, 5) is 12.3. The lowest BCUT2D eigenvalue weighted by Gasteiger charge is -2.21. The molecule has 0 bridgehead atoms. The predicted molar refractivity (Wildman–Crippen MR) is 98.9 cm³/mol. The fourth-order valence-corrected chi connectivity index (χ4v) is 3.15. The van der Waals surface area contributed by atoms with Crippen molar-refractivity contribution in [1.82, 2.24) is 0 Å². The van der Waals surface area contributed by atoms with Crippen LogP contribution in [0.5, 0.6) is 0 Å². The number of nitrogens with one attached hydrogen (secondary N) is 1. The zero-order valence-corrected chi connectivity index (χ0v) is 15.1. The summed E-state index contributed by atoms with van der Waals surface area (Å²) < 4.78 is 11.5. The molecule has 1 N–H and O–H groups in total. The Morgan fingerprint density at radius 3 is 2.52 bits per heavy atom. The highest BCUT2D eigenvalue weighted by Gasteiger charge is 2.16. The maximum atomic E-state index is 12.3. The first kappa shape index (κ1) is 17.7. The lowest BCUT2D eigenvalue weighted by molar-refractivity contribution is 0.00849. The van der Waals surface area contributed by atoms with Gasteiger partial charge in [0.1, 0.15) is 12.4 Å². The van der Waals surface area contributed by atoms with E-state index in [0.29, 0.717) is 30.1 Å². The summed E-state index contributed by atoms with van der Waals surface area (Å²) in [7, 11) is 0. The zero-order valence-electron chi connectivity index (χ0n) is 15.1. The number of anilines is 1. The molecule has 4 nitrogen and oxygen atoms in total. The molecule has 1 aliphatic rings. The molecule has 1 aromatic carbocycles. The molecule has 1 heterocycles. The van der Waals surface area contributed by atoms with Crippen LogP contribution in [-0.2, 0) is 11.3 Å². The number of ether oxygens (including phenoxy) is 1. The van der Waals surface area contributed by atoms with E-state index in [1.807, 2.05) is 30.3 Å². The van der Waals surface area contributed by atoms with Gasteiger partial charge in [-0.3, -0.25) is 4.79 Å². The van der Waals surface area contributed by atoms with Crippen LogP contribution in [0.4, 0.5) is 5.69 Å². The minimum atomic E-state index is -0.235. The summed E-state index contributed by atoms with van der Waals surface area (Å²) in [5, 5.41) is 2.87. The number of hydrogen-bond acceptors (Lipinski definition) is 3. The van der Waals surface area contributed by atoms with Crippen LogP contribution in [0.3, 0.4) is 0 Å². The van der Waals surface area contributed by atoms with E-state index in [9.17, 15) is 4.79 Å². The zero-order chi connectivity index (χ0) is 17.6. The monoisotopic (exact) mass is 341 g/mol. The standard InChI is InChI=1S/C21H27NO3/c1-15(2)16-8-10-17(11-9-16)22-21(23)20-13-12-19(25-20)14-24-18-6-4-3-5-7-18/h8-13,15,18H,3-7,14H2,1-2H3,(H,22,23). The van der Waals surface area contributed by atoms with Crippen LogP contribution in [0.1, 0.15) is 73.7 Å². The smallest absolute Gasteiger partial charge is 0.291 e. The van der Waals surface area contributed by atoms with E-state index in [1.54, 1.807) is 6.07 Å². The van der Waals surface area contributed by atoms with Crippen LogP contribution >= 0.6 is 0 Å². The topological polar surface area (TPSA) is 51.5 Å². The van der Waals surface area contributed by atoms with Gasteiger partial charge >= 0.3 is 0 Å². The van der Waals surface area contributed by atoms with Crippen molar-refractivity contribution in [1.29, 1.82) is 0 Å². The highest BCUT2D eigenvalue weighted by molar-refractivity contribution is 6.02. The first-order valence-corrected chi connectivity index (χ1v) is 9.23. The van der Waals surface area contributed by atoms with Gasteiger partial charge in [0.2, 0.25) is 0 Å². The number of carbonyl (C=O) groups excluding carboxylic acids is 1. The van der Waals surface area contributed by atoms with Gasteiger partial charge in [0.25, 0.3) is 5.91 Å². The fourth-order valence-electron chi connectivity index (χ4n) is 3.15. The van der Waals surface area contributed by atoms with Gasteiger partial charge in [-0.25, -0.2) is 0 Å². The summed E-state index contributed by atoms with van der Waals surface area (Å²) in [6.45, 7) is 4.72. The maximum Gasteiger partial charge on any atom is 0.291 e. The van der Waals surface area contributed by atoms with E-state index in [4.69, 9.17) is 9.15 Å². The normalized spacial score (nSPS) is 15.5. The van der Waals surface area contributed by atoms with Gasteiger partial charge in [-0.05, 0) is 48.6 Å². The van der Waals surface area contributed by atoms with Gasteiger partial charge < -0.3 is 14.5 Å². The van der Waals surface area contributed by atoms with E-state index >= 15 is 0 Å².